The van der Waals surface area contributed by atoms with Gasteiger partial charge in [0.25, 0.3) is 5.91 Å². The average Bonchev–Trinajstić information content (AvgIpc) is 2.76. The Hall–Kier alpha value is -2.37. The molecule has 0 fully saturated rings. The van der Waals surface area contributed by atoms with E-state index in [1.54, 1.807) is 23.0 Å². The molecule has 6 heteroatoms. The minimum atomic E-state index is -0.161. The first kappa shape index (κ1) is 12.1. The van der Waals surface area contributed by atoms with Crippen LogP contribution in [0.25, 0.3) is 0 Å². The molecule has 2 rings (SSSR count). The molecule has 0 unspecified atom stereocenters. The molecule has 0 atom stereocenters. The third kappa shape index (κ3) is 3.07. The van der Waals surface area contributed by atoms with Gasteiger partial charge in [-0.3, -0.25) is 9.48 Å². The molecule has 2 aromatic rings. The number of hydrogen-bond acceptors (Lipinski definition) is 4. The third-order valence-corrected chi connectivity index (χ3v) is 2.44. The molecule has 2 aromatic heterocycles. The Morgan fingerprint density at radius 2 is 2.28 bits per heavy atom. The Kier molecular flexibility index (Phi) is 3.57. The molecule has 0 aliphatic rings. The lowest BCUT2D eigenvalue weighted by Gasteiger charge is -2.05. The van der Waals surface area contributed by atoms with Gasteiger partial charge in [-0.15, -0.1) is 0 Å². The van der Waals surface area contributed by atoms with E-state index in [1.807, 2.05) is 13.1 Å². The molecule has 94 valence electrons. The minimum absolute atomic E-state index is 0.161. The second-order valence-electron chi connectivity index (χ2n) is 4.01. The zero-order chi connectivity index (χ0) is 13.0. The van der Waals surface area contributed by atoms with Gasteiger partial charge in [-0.05, 0) is 24.6 Å². The number of nitrogens with zero attached hydrogens (tertiary/aromatic N) is 3. The van der Waals surface area contributed by atoms with Gasteiger partial charge in [-0.25, -0.2) is 4.98 Å². The number of amides is 1. The van der Waals surface area contributed by atoms with E-state index in [9.17, 15) is 4.79 Å². The first-order chi connectivity index (χ1) is 8.65. The molecular formula is C12H15N5O. The van der Waals surface area contributed by atoms with Crippen molar-refractivity contribution >= 4 is 11.7 Å². The number of nitrogen functional groups attached to an aromatic ring is 1. The summed E-state index contributed by atoms with van der Waals surface area (Å²) in [7, 11) is 0. The fourth-order valence-electron chi connectivity index (χ4n) is 1.51. The summed E-state index contributed by atoms with van der Waals surface area (Å²) in [4.78, 5) is 15.6. The van der Waals surface area contributed by atoms with Gasteiger partial charge in [0.15, 0.2) is 0 Å². The molecule has 0 radical (unpaired) electrons. The van der Waals surface area contributed by atoms with E-state index in [1.165, 1.54) is 6.20 Å². The van der Waals surface area contributed by atoms with Gasteiger partial charge < -0.3 is 11.1 Å². The summed E-state index contributed by atoms with van der Waals surface area (Å²) in [5.41, 5.74) is 7.05. The summed E-state index contributed by atoms with van der Waals surface area (Å²) in [6, 6.07) is 3.25. The van der Waals surface area contributed by atoms with Gasteiger partial charge >= 0.3 is 0 Å². The number of carbonyl (C=O) groups is 1. The molecule has 3 N–H and O–H groups in total. The lowest BCUT2D eigenvalue weighted by Crippen LogP contribution is -2.27. The summed E-state index contributed by atoms with van der Waals surface area (Å²) in [6.07, 6.45) is 5.17. The van der Waals surface area contributed by atoms with Crippen molar-refractivity contribution in [3.63, 3.8) is 0 Å². The summed E-state index contributed by atoms with van der Waals surface area (Å²) < 4.78 is 1.79. The Balaban J connectivity index is 1.83. The summed E-state index contributed by atoms with van der Waals surface area (Å²) >= 11 is 0. The normalized spacial score (nSPS) is 10.3. The van der Waals surface area contributed by atoms with Crippen LogP contribution < -0.4 is 11.1 Å². The van der Waals surface area contributed by atoms with Crippen molar-refractivity contribution in [2.45, 2.75) is 13.5 Å². The van der Waals surface area contributed by atoms with E-state index in [-0.39, 0.29) is 5.91 Å². The summed E-state index contributed by atoms with van der Waals surface area (Å²) in [6.45, 7) is 3.13. The van der Waals surface area contributed by atoms with Crippen molar-refractivity contribution in [2.75, 3.05) is 12.3 Å². The molecule has 2 heterocycles. The highest BCUT2D eigenvalue weighted by atomic mass is 16.1. The fraction of sp³-hybridized carbons (Fsp3) is 0.250. The van der Waals surface area contributed by atoms with Crippen LogP contribution in [0.2, 0.25) is 0 Å². The van der Waals surface area contributed by atoms with Crippen LogP contribution in [0.4, 0.5) is 5.82 Å². The first-order valence-corrected chi connectivity index (χ1v) is 5.64. The maximum atomic E-state index is 11.7. The highest BCUT2D eigenvalue weighted by Gasteiger charge is 2.04. The van der Waals surface area contributed by atoms with Crippen LogP contribution in [-0.2, 0) is 6.54 Å². The summed E-state index contributed by atoms with van der Waals surface area (Å²) in [5.74, 6) is 0.241. The number of nitrogens with one attached hydrogen (secondary N) is 1. The Morgan fingerprint density at radius 1 is 1.44 bits per heavy atom. The molecule has 0 saturated carbocycles. The molecule has 0 spiro atoms. The van der Waals surface area contributed by atoms with E-state index in [0.29, 0.717) is 24.5 Å². The highest BCUT2D eigenvalue weighted by molar-refractivity contribution is 5.93. The van der Waals surface area contributed by atoms with Crippen LogP contribution in [-0.4, -0.2) is 27.2 Å². The predicted octanol–water partition coefficient (Wildman–Crippen LogP) is 0.599. The van der Waals surface area contributed by atoms with E-state index < -0.39 is 0 Å². The molecule has 0 bridgehead atoms. The zero-order valence-corrected chi connectivity index (χ0v) is 10.1. The van der Waals surface area contributed by atoms with Crippen LogP contribution in [0.5, 0.6) is 0 Å². The highest BCUT2D eigenvalue weighted by Crippen LogP contribution is 2.00. The Labute approximate surface area is 105 Å². The number of nitrogens with two attached hydrogens (primary N) is 1. The van der Waals surface area contributed by atoms with Gasteiger partial charge in [0.05, 0.1) is 18.3 Å². The van der Waals surface area contributed by atoms with E-state index in [0.717, 1.165) is 5.56 Å². The standard InChI is InChI=1S/C12H15N5O/c1-9-6-16-17(8-9)5-4-14-12(18)10-2-3-11(13)15-7-10/h2-3,6-8H,4-5H2,1H3,(H2,13,15)(H,14,18). The molecule has 0 aliphatic carbocycles. The fourth-order valence-corrected chi connectivity index (χ4v) is 1.51. The first-order valence-electron chi connectivity index (χ1n) is 5.64. The number of anilines is 1. The van der Waals surface area contributed by atoms with Crippen LogP contribution in [0.1, 0.15) is 15.9 Å². The second-order valence-corrected chi connectivity index (χ2v) is 4.01. The van der Waals surface area contributed by atoms with E-state index >= 15 is 0 Å². The molecule has 0 aliphatic heterocycles. The van der Waals surface area contributed by atoms with Crippen molar-refractivity contribution in [1.29, 1.82) is 0 Å². The second kappa shape index (κ2) is 5.31. The number of aromatic nitrogens is 3. The minimum Gasteiger partial charge on any atom is -0.384 e. The lowest BCUT2D eigenvalue weighted by atomic mass is 10.2. The average molecular weight is 245 g/mol. The number of pyridine rings is 1. The van der Waals surface area contributed by atoms with Crippen molar-refractivity contribution in [2.24, 2.45) is 0 Å². The number of aryl methyl sites for hydroxylation is 1. The van der Waals surface area contributed by atoms with Gasteiger partial charge in [-0.1, -0.05) is 0 Å². The third-order valence-electron chi connectivity index (χ3n) is 2.44. The van der Waals surface area contributed by atoms with Crippen LogP contribution >= 0.6 is 0 Å². The lowest BCUT2D eigenvalue weighted by molar-refractivity contribution is 0.0951. The molecule has 0 aromatic carbocycles. The van der Waals surface area contributed by atoms with Gasteiger partial charge in [0.1, 0.15) is 5.82 Å². The quantitative estimate of drug-likeness (QED) is 0.825. The maximum Gasteiger partial charge on any atom is 0.252 e. The number of carbonyl (C=O) groups excluding carboxylic acids is 1. The van der Waals surface area contributed by atoms with Crippen LogP contribution in [0.15, 0.2) is 30.7 Å². The molecule has 1 amide bonds. The Bertz CT molecular complexity index is 532. The molecule has 18 heavy (non-hydrogen) atoms. The van der Waals surface area contributed by atoms with Crippen molar-refractivity contribution in [3.05, 3.63) is 41.9 Å². The molecular weight excluding hydrogens is 230 g/mol. The zero-order valence-electron chi connectivity index (χ0n) is 10.1. The van der Waals surface area contributed by atoms with Crippen LogP contribution in [0, 0.1) is 6.92 Å². The monoisotopic (exact) mass is 245 g/mol. The van der Waals surface area contributed by atoms with Crippen molar-refractivity contribution in [3.8, 4) is 0 Å². The Morgan fingerprint density at radius 3 is 2.89 bits per heavy atom. The van der Waals surface area contributed by atoms with Gasteiger partial charge in [0.2, 0.25) is 0 Å². The van der Waals surface area contributed by atoms with Crippen LogP contribution in [0.3, 0.4) is 0 Å². The topological polar surface area (TPSA) is 85.8 Å². The SMILES string of the molecule is Cc1cnn(CCNC(=O)c2ccc(N)nc2)c1. The van der Waals surface area contributed by atoms with E-state index in [4.69, 9.17) is 5.73 Å². The largest absolute Gasteiger partial charge is 0.384 e. The summed E-state index contributed by atoms with van der Waals surface area (Å²) in [5, 5.41) is 6.93. The number of rotatable bonds is 4. The van der Waals surface area contributed by atoms with Gasteiger partial charge in [0, 0.05) is 18.9 Å². The van der Waals surface area contributed by atoms with Crippen molar-refractivity contribution in [1.82, 2.24) is 20.1 Å². The van der Waals surface area contributed by atoms with Crippen molar-refractivity contribution < 1.29 is 4.79 Å². The smallest absolute Gasteiger partial charge is 0.252 e. The van der Waals surface area contributed by atoms with Gasteiger partial charge in [-0.2, -0.15) is 5.10 Å². The predicted molar refractivity (Wildman–Crippen MR) is 67.9 cm³/mol. The van der Waals surface area contributed by atoms with E-state index in [2.05, 4.69) is 15.4 Å². The molecule has 6 nitrogen and oxygen atoms in total. The number of hydrogen-bond donors (Lipinski definition) is 2. The molecule has 0 saturated heterocycles. The maximum absolute atomic E-state index is 11.7.